The van der Waals surface area contributed by atoms with Crippen molar-refractivity contribution in [2.45, 2.75) is 38.7 Å². The topological polar surface area (TPSA) is 84.3 Å². The molecule has 5 rings (SSSR count). The summed E-state index contributed by atoms with van der Waals surface area (Å²) in [7, 11) is 0. The van der Waals surface area contributed by atoms with Gasteiger partial charge in [-0.1, -0.05) is 18.2 Å². The average molecular weight is 460 g/mol. The van der Waals surface area contributed by atoms with E-state index in [0.717, 1.165) is 49.3 Å². The molecule has 1 fully saturated rings. The van der Waals surface area contributed by atoms with Crippen molar-refractivity contribution >= 4 is 33.2 Å². The first kappa shape index (κ1) is 21.4. The van der Waals surface area contributed by atoms with Crippen LogP contribution < -0.4 is 10.1 Å². The van der Waals surface area contributed by atoms with Gasteiger partial charge in [0.1, 0.15) is 23.5 Å². The van der Waals surface area contributed by atoms with Gasteiger partial charge in [0.15, 0.2) is 0 Å². The SMILES string of the molecule is Cc1c(CCNc2cc(-c3ccc(C(=O)O)c(OC4CCC4)c3)ncn2)ccc2ccsc12. The van der Waals surface area contributed by atoms with Crippen LogP contribution in [-0.4, -0.2) is 33.7 Å². The van der Waals surface area contributed by atoms with Gasteiger partial charge in [0.2, 0.25) is 0 Å². The molecule has 1 aliphatic rings. The van der Waals surface area contributed by atoms with E-state index in [1.54, 1.807) is 29.5 Å². The molecule has 2 aromatic carbocycles. The van der Waals surface area contributed by atoms with Gasteiger partial charge in [0.05, 0.1) is 11.8 Å². The maximum absolute atomic E-state index is 11.6. The van der Waals surface area contributed by atoms with Gasteiger partial charge in [-0.25, -0.2) is 14.8 Å². The zero-order valence-corrected chi connectivity index (χ0v) is 19.2. The maximum Gasteiger partial charge on any atom is 0.339 e. The molecular formula is C26H25N3O3S. The van der Waals surface area contributed by atoms with Gasteiger partial charge >= 0.3 is 5.97 Å². The van der Waals surface area contributed by atoms with Gasteiger partial charge in [0.25, 0.3) is 0 Å². The molecule has 0 radical (unpaired) electrons. The fourth-order valence-corrected chi connectivity index (χ4v) is 4.98. The monoisotopic (exact) mass is 459 g/mol. The lowest BCUT2D eigenvalue weighted by Gasteiger charge is -2.27. The van der Waals surface area contributed by atoms with Gasteiger partial charge in [-0.3, -0.25) is 0 Å². The molecule has 0 spiro atoms. The molecule has 0 bridgehead atoms. The summed E-state index contributed by atoms with van der Waals surface area (Å²) in [6.07, 6.45) is 5.56. The van der Waals surface area contributed by atoms with E-state index in [-0.39, 0.29) is 11.7 Å². The van der Waals surface area contributed by atoms with E-state index in [4.69, 9.17) is 4.74 Å². The highest BCUT2D eigenvalue weighted by molar-refractivity contribution is 7.17. The molecule has 33 heavy (non-hydrogen) atoms. The van der Waals surface area contributed by atoms with E-state index in [2.05, 4.69) is 45.8 Å². The molecular weight excluding hydrogens is 434 g/mol. The Hall–Kier alpha value is -3.45. The molecule has 168 valence electrons. The summed E-state index contributed by atoms with van der Waals surface area (Å²) in [4.78, 5) is 20.4. The lowest BCUT2D eigenvalue weighted by Crippen LogP contribution is -2.25. The van der Waals surface area contributed by atoms with Crippen LogP contribution in [0.15, 0.2) is 54.2 Å². The Kier molecular flexibility index (Phi) is 5.96. The van der Waals surface area contributed by atoms with Crippen molar-refractivity contribution in [1.82, 2.24) is 9.97 Å². The third-order valence-electron chi connectivity index (χ3n) is 6.20. The molecule has 0 amide bonds. The molecule has 6 nitrogen and oxygen atoms in total. The molecule has 7 heteroatoms. The Bertz CT molecular complexity index is 1310. The molecule has 2 aromatic heterocycles. The fraction of sp³-hybridized carbons (Fsp3) is 0.269. The number of carboxylic acid groups (broad SMARTS) is 1. The van der Waals surface area contributed by atoms with Crippen molar-refractivity contribution in [2.75, 3.05) is 11.9 Å². The van der Waals surface area contributed by atoms with E-state index in [1.807, 2.05) is 6.07 Å². The van der Waals surface area contributed by atoms with Crippen LogP contribution in [0.25, 0.3) is 21.3 Å². The van der Waals surface area contributed by atoms with Gasteiger partial charge in [0, 0.05) is 22.9 Å². The molecule has 0 atom stereocenters. The summed E-state index contributed by atoms with van der Waals surface area (Å²) < 4.78 is 7.29. The molecule has 1 saturated carbocycles. The average Bonchev–Trinajstić information content (AvgIpc) is 3.27. The van der Waals surface area contributed by atoms with Gasteiger partial charge in [-0.2, -0.15) is 0 Å². The second-order valence-electron chi connectivity index (χ2n) is 8.34. The summed E-state index contributed by atoms with van der Waals surface area (Å²) in [5.74, 6) is 0.146. The highest BCUT2D eigenvalue weighted by Gasteiger charge is 2.22. The number of ether oxygens (including phenoxy) is 1. The van der Waals surface area contributed by atoms with Crippen LogP contribution in [0, 0.1) is 6.92 Å². The molecule has 0 saturated heterocycles. The summed E-state index contributed by atoms with van der Waals surface area (Å²) >= 11 is 1.78. The van der Waals surface area contributed by atoms with E-state index < -0.39 is 5.97 Å². The Labute approximate surface area is 196 Å². The normalized spacial score (nSPS) is 13.6. The number of carbonyl (C=O) groups is 1. The van der Waals surface area contributed by atoms with Crippen LogP contribution in [0.3, 0.4) is 0 Å². The third-order valence-corrected chi connectivity index (χ3v) is 7.25. The number of rotatable bonds is 8. The first-order valence-corrected chi connectivity index (χ1v) is 12.0. The lowest BCUT2D eigenvalue weighted by molar-refractivity contribution is 0.0680. The predicted molar refractivity (Wildman–Crippen MR) is 131 cm³/mol. The van der Waals surface area contributed by atoms with Crippen molar-refractivity contribution in [1.29, 1.82) is 0 Å². The predicted octanol–water partition coefficient (Wildman–Crippen LogP) is 5.95. The number of aromatic nitrogens is 2. The molecule has 2 heterocycles. The Morgan fingerprint density at radius 3 is 2.85 bits per heavy atom. The third kappa shape index (κ3) is 4.54. The van der Waals surface area contributed by atoms with Crippen LogP contribution in [0.2, 0.25) is 0 Å². The first-order chi connectivity index (χ1) is 16.1. The van der Waals surface area contributed by atoms with Gasteiger partial charge in [-0.05, 0) is 72.7 Å². The fourth-order valence-electron chi connectivity index (χ4n) is 4.05. The largest absolute Gasteiger partial charge is 0.490 e. The quantitative estimate of drug-likeness (QED) is 0.339. The second kappa shape index (κ2) is 9.19. The Morgan fingerprint density at radius 1 is 1.18 bits per heavy atom. The number of thiophene rings is 1. The molecule has 2 N–H and O–H groups in total. The summed E-state index contributed by atoms with van der Waals surface area (Å²) in [6.45, 7) is 2.93. The highest BCUT2D eigenvalue weighted by Crippen LogP contribution is 2.32. The van der Waals surface area contributed by atoms with Crippen LogP contribution in [-0.2, 0) is 6.42 Å². The number of hydrogen-bond donors (Lipinski definition) is 2. The van der Waals surface area contributed by atoms with E-state index >= 15 is 0 Å². The second-order valence-corrected chi connectivity index (χ2v) is 9.26. The summed E-state index contributed by atoms with van der Waals surface area (Å²) in [5.41, 5.74) is 4.37. The number of nitrogens with zero attached hydrogens (tertiary/aromatic N) is 2. The number of aromatic carboxylic acids is 1. The van der Waals surface area contributed by atoms with E-state index in [9.17, 15) is 9.90 Å². The number of hydrogen-bond acceptors (Lipinski definition) is 6. The minimum Gasteiger partial charge on any atom is -0.490 e. The van der Waals surface area contributed by atoms with Crippen molar-refractivity contribution in [3.05, 3.63) is 70.9 Å². The molecule has 4 aromatic rings. The zero-order valence-electron chi connectivity index (χ0n) is 18.4. The molecule has 0 unspecified atom stereocenters. The number of aryl methyl sites for hydroxylation is 1. The van der Waals surface area contributed by atoms with Gasteiger partial charge in [-0.15, -0.1) is 11.3 Å². The smallest absolute Gasteiger partial charge is 0.339 e. The standard InChI is InChI=1S/C26H25N3O3S/c1-16-17(5-6-18-10-12-33-25(16)18)9-11-27-24-14-22(28-15-29-24)19-7-8-21(26(30)31)23(13-19)32-20-3-2-4-20/h5-8,10,12-15,20H,2-4,9,11H2,1H3,(H,30,31)(H,27,28,29). The Morgan fingerprint density at radius 2 is 2.06 bits per heavy atom. The van der Waals surface area contributed by atoms with E-state index in [0.29, 0.717) is 5.75 Å². The summed E-state index contributed by atoms with van der Waals surface area (Å²) in [6, 6.07) is 13.5. The molecule has 0 aliphatic heterocycles. The van der Waals surface area contributed by atoms with Crippen molar-refractivity contribution < 1.29 is 14.6 Å². The van der Waals surface area contributed by atoms with Crippen LogP contribution in [0.1, 0.15) is 40.7 Å². The van der Waals surface area contributed by atoms with Gasteiger partial charge < -0.3 is 15.2 Å². The van der Waals surface area contributed by atoms with Crippen LogP contribution in [0.4, 0.5) is 5.82 Å². The lowest BCUT2D eigenvalue weighted by atomic mass is 9.96. The number of fused-ring (bicyclic) bond motifs is 1. The van der Waals surface area contributed by atoms with E-state index in [1.165, 1.54) is 27.5 Å². The number of benzene rings is 2. The minimum absolute atomic E-state index is 0.0952. The number of nitrogens with one attached hydrogen (secondary N) is 1. The van der Waals surface area contributed by atoms with Crippen molar-refractivity contribution in [3.63, 3.8) is 0 Å². The van der Waals surface area contributed by atoms with Crippen LogP contribution >= 0.6 is 11.3 Å². The minimum atomic E-state index is -0.989. The summed E-state index contributed by atoms with van der Waals surface area (Å²) in [5, 5.41) is 16.3. The zero-order chi connectivity index (χ0) is 22.8. The van der Waals surface area contributed by atoms with Crippen molar-refractivity contribution in [2.24, 2.45) is 0 Å². The number of anilines is 1. The van der Waals surface area contributed by atoms with Crippen molar-refractivity contribution in [3.8, 4) is 17.0 Å². The number of carboxylic acids is 1. The molecule has 1 aliphatic carbocycles. The van der Waals surface area contributed by atoms with Crippen LogP contribution in [0.5, 0.6) is 5.75 Å². The Balaban J connectivity index is 1.30. The maximum atomic E-state index is 11.6. The highest BCUT2D eigenvalue weighted by atomic mass is 32.1. The first-order valence-electron chi connectivity index (χ1n) is 11.1.